The molecule has 5 nitrogen and oxygen atoms in total. The van der Waals surface area contributed by atoms with Crippen molar-refractivity contribution in [3.8, 4) is 0 Å². The van der Waals surface area contributed by atoms with Crippen molar-refractivity contribution >= 4 is 34.0 Å². The zero-order chi connectivity index (χ0) is 19.3. The van der Waals surface area contributed by atoms with Crippen molar-refractivity contribution in [1.29, 1.82) is 0 Å². The fourth-order valence-corrected chi connectivity index (χ4v) is 4.65. The van der Waals surface area contributed by atoms with Crippen LogP contribution in [0.5, 0.6) is 0 Å². The zero-order valence-electron chi connectivity index (χ0n) is 16.7. The summed E-state index contributed by atoms with van der Waals surface area (Å²) in [5.41, 5.74) is 0.993. The maximum atomic E-state index is 4.78. The highest BCUT2D eigenvalue weighted by atomic mass is 32.1. The summed E-state index contributed by atoms with van der Waals surface area (Å²) in [5, 5.41) is 10.6. The van der Waals surface area contributed by atoms with Crippen LogP contribution < -0.4 is 15.5 Å². The Hall–Kier alpha value is -2.18. The minimum Gasteiger partial charge on any atom is -0.362 e. The molecule has 1 fully saturated rings. The van der Waals surface area contributed by atoms with Crippen molar-refractivity contribution in [1.82, 2.24) is 15.3 Å². The third kappa shape index (κ3) is 4.62. The van der Waals surface area contributed by atoms with Gasteiger partial charge in [0, 0.05) is 43.0 Å². The Morgan fingerprint density at radius 1 is 1.00 bits per heavy atom. The van der Waals surface area contributed by atoms with E-state index in [1.807, 2.05) is 37.6 Å². The number of fused-ring (bicyclic) bond motifs is 1. The highest BCUT2D eigenvalue weighted by Crippen LogP contribution is 2.26. The predicted octanol–water partition coefficient (Wildman–Crippen LogP) is 4.31. The average Bonchev–Trinajstić information content (AvgIpc) is 3.22. The van der Waals surface area contributed by atoms with Gasteiger partial charge >= 0.3 is 0 Å². The molecule has 0 spiro atoms. The van der Waals surface area contributed by atoms with E-state index in [4.69, 9.17) is 9.97 Å². The van der Waals surface area contributed by atoms with Gasteiger partial charge < -0.3 is 15.5 Å². The molecule has 0 unspecified atom stereocenters. The molecule has 0 radical (unpaired) electrons. The predicted molar refractivity (Wildman–Crippen MR) is 120 cm³/mol. The van der Waals surface area contributed by atoms with Crippen LogP contribution in [0.3, 0.4) is 0 Å². The number of hydrogen-bond acceptors (Lipinski definition) is 6. The van der Waals surface area contributed by atoms with Crippen LogP contribution in [-0.4, -0.2) is 42.7 Å². The van der Waals surface area contributed by atoms with Crippen molar-refractivity contribution in [3.63, 3.8) is 0 Å². The molecule has 4 rings (SSSR count). The molecule has 6 heteroatoms. The zero-order valence-corrected chi connectivity index (χ0v) is 17.5. The number of thiophene rings is 1. The molecule has 148 valence electrons. The first-order valence-corrected chi connectivity index (χ1v) is 11.0. The fourth-order valence-electron chi connectivity index (χ4n) is 3.94. The van der Waals surface area contributed by atoms with Gasteiger partial charge in [0.15, 0.2) is 0 Å². The molecule has 3 aromatic rings. The van der Waals surface area contributed by atoms with E-state index in [9.17, 15) is 0 Å². The van der Waals surface area contributed by atoms with Gasteiger partial charge in [-0.15, -0.1) is 11.3 Å². The lowest BCUT2D eigenvalue weighted by molar-refractivity contribution is 0.355. The fraction of sp³-hybridized carbons (Fsp3) is 0.455. The molecule has 1 aromatic carbocycles. The first-order valence-electron chi connectivity index (χ1n) is 10.2. The van der Waals surface area contributed by atoms with Crippen LogP contribution in [0.4, 0.5) is 11.8 Å². The van der Waals surface area contributed by atoms with E-state index in [1.165, 1.54) is 17.7 Å². The number of rotatable bonds is 7. The van der Waals surface area contributed by atoms with E-state index in [0.717, 1.165) is 48.5 Å². The molecule has 0 atom stereocenters. The second kappa shape index (κ2) is 8.88. The second-order valence-electron chi connectivity index (χ2n) is 7.76. The van der Waals surface area contributed by atoms with E-state index in [-0.39, 0.29) is 0 Å². The Kier molecular flexibility index (Phi) is 6.07. The Morgan fingerprint density at radius 2 is 1.79 bits per heavy atom. The Labute approximate surface area is 171 Å². The molecule has 0 saturated heterocycles. The summed E-state index contributed by atoms with van der Waals surface area (Å²) in [5.74, 6) is 1.72. The normalized spacial score (nSPS) is 19.6. The quantitative estimate of drug-likeness (QED) is 0.624. The summed E-state index contributed by atoms with van der Waals surface area (Å²) >= 11 is 1.85. The summed E-state index contributed by atoms with van der Waals surface area (Å²) < 4.78 is 0. The van der Waals surface area contributed by atoms with Crippen LogP contribution in [0.2, 0.25) is 0 Å². The molecule has 0 aliphatic heterocycles. The molecule has 28 heavy (non-hydrogen) atoms. The van der Waals surface area contributed by atoms with Crippen LogP contribution in [0.25, 0.3) is 10.9 Å². The molecule has 1 saturated carbocycles. The smallest absolute Gasteiger partial charge is 0.225 e. The summed E-state index contributed by atoms with van der Waals surface area (Å²) in [6.07, 6.45) is 5.86. The van der Waals surface area contributed by atoms with Crippen LogP contribution in [0, 0.1) is 0 Å². The van der Waals surface area contributed by atoms with Crippen LogP contribution >= 0.6 is 11.3 Å². The maximum Gasteiger partial charge on any atom is 0.225 e. The van der Waals surface area contributed by atoms with Gasteiger partial charge in [0.2, 0.25) is 5.95 Å². The lowest BCUT2D eigenvalue weighted by Crippen LogP contribution is -2.38. The largest absolute Gasteiger partial charge is 0.362 e. The van der Waals surface area contributed by atoms with E-state index in [0.29, 0.717) is 12.1 Å². The van der Waals surface area contributed by atoms with E-state index < -0.39 is 0 Å². The Bertz CT molecular complexity index is 885. The molecule has 1 aliphatic carbocycles. The number of hydrogen-bond donors (Lipinski definition) is 2. The van der Waals surface area contributed by atoms with Gasteiger partial charge in [0.25, 0.3) is 0 Å². The van der Waals surface area contributed by atoms with E-state index in [2.05, 4.69) is 45.2 Å². The van der Waals surface area contributed by atoms with Gasteiger partial charge in [0.05, 0.1) is 5.52 Å². The van der Waals surface area contributed by atoms with Crippen molar-refractivity contribution in [3.05, 3.63) is 46.7 Å². The molecule has 0 bridgehead atoms. The molecular weight excluding hydrogens is 366 g/mol. The average molecular weight is 396 g/mol. The molecule has 2 N–H and O–H groups in total. The number of nitrogens with one attached hydrogen (secondary N) is 2. The molecule has 1 aliphatic rings. The third-order valence-electron chi connectivity index (χ3n) is 5.45. The van der Waals surface area contributed by atoms with Gasteiger partial charge in [-0.3, -0.25) is 0 Å². The number of anilines is 2. The van der Waals surface area contributed by atoms with Gasteiger partial charge in [0.1, 0.15) is 5.82 Å². The van der Waals surface area contributed by atoms with Crippen molar-refractivity contribution < 1.29 is 0 Å². The molecule has 0 amide bonds. The molecule has 2 aromatic heterocycles. The highest BCUT2D eigenvalue weighted by Gasteiger charge is 2.22. The SMILES string of the molecule is CN(C)c1nc(NC2CCC(NCCc3cccs3)CC2)nc2ccccc12. The summed E-state index contributed by atoms with van der Waals surface area (Å²) in [6.45, 7) is 1.07. The molecular formula is C22H29N5S. The van der Waals surface area contributed by atoms with Gasteiger partial charge in [-0.25, -0.2) is 4.98 Å². The number of aromatic nitrogens is 2. The minimum absolute atomic E-state index is 0.450. The van der Waals surface area contributed by atoms with E-state index >= 15 is 0 Å². The van der Waals surface area contributed by atoms with Crippen molar-refractivity contribution in [2.75, 3.05) is 30.9 Å². The first kappa shape index (κ1) is 19.2. The maximum absolute atomic E-state index is 4.78. The van der Waals surface area contributed by atoms with Crippen LogP contribution in [0.1, 0.15) is 30.6 Å². The second-order valence-corrected chi connectivity index (χ2v) is 8.79. The number of nitrogens with zero attached hydrogens (tertiary/aromatic N) is 3. The van der Waals surface area contributed by atoms with Gasteiger partial charge in [-0.2, -0.15) is 4.98 Å². The topological polar surface area (TPSA) is 53.1 Å². The molecule has 2 heterocycles. The summed E-state index contributed by atoms with van der Waals surface area (Å²) in [4.78, 5) is 13.1. The van der Waals surface area contributed by atoms with Crippen molar-refractivity contribution in [2.24, 2.45) is 0 Å². The lowest BCUT2D eigenvalue weighted by atomic mass is 9.91. The lowest BCUT2D eigenvalue weighted by Gasteiger charge is -2.30. The Morgan fingerprint density at radius 3 is 2.54 bits per heavy atom. The van der Waals surface area contributed by atoms with Gasteiger partial charge in [-0.1, -0.05) is 18.2 Å². The summed E-state index contributed by atoms with van der Waals surface area (Å²) in [6, 6.07) is 13.7. The number of benzene rings is 1. The highest BCUT2D eigenvalue weighted by molar-refractivity contribution is 7.09. The van der Waals surface area contributed by atoms with Gasteiger partial charge in [-0.05, 0) is 55.7 Å². The monoisotopic (exact) mass is 395 g/mol. The van der Waals surface area contributed by atoms with Crippen LogP contribution in [0.15, 0.2) is 41.8 Å². The number of para-hydroxylation sites is 1. The minimum atomic E-state index is 0.450. The Balaban J connectivity index is 1.32. The van der Waals surface area contributed by atoms with E-state index in [1.54, 1.807) is 0 Å². The standard InChI is InChI=1S/C22H29N5S/c1-27(2)21-19-7-3-4-8-20(19)25-22(26-21)24-17-11-9-16(10-12-17)23-14-13-18-6-5-15-28-18/h3-8,15-17,23H,9-14H2,1-2H3,(H,24,25,26). The van der Waals surface area contributed by atoms with Crippen molar-refractivity contribution in [2.45, 2.75) is 44.2 Å². The first-order chi connectivity index (χ1) is 13.7. The summed E-state index contributed by atoms with van der Waals surface area (Å²) in [7, 11) is 4.07. The third-order valence-corrected chi connectivity index (χ3v) is 6.39. The van der Waals surface area contributed by atoms with Crippen LogP contribution in [-0.2, 0) is 6.42 Å².